The first-order valence-corrected chi connectivity index (χ1v) is 8.28. The summed E-state index contributed by atoms with van der Waals surface area (Å²) < 4.78 is 5.27. The van der Waals surface area contributed by atoms with Gasteiger partial charge in [-0.1, -0.05) is 12.1 Å². The third-order valence-electron chi connectivity index (χ3n) is 4.51. The average Bonchev–Trinajstić information content (AvgIpc) is 3.09. The number of ether oxygens (including phenoxy) is 1. The summed E-state index contributed by atoms with van der Waals surface area (Å²) in [5.74, 6) is 0.155. The molecule has 2 aromatic rings. The van der Waals surface area contributed by atoms with Crippen LogP contribution in [0.3, 0.4) is 0 Å². The molecule has 6 heteroatoms. The molecule has 1 fully saturated rings. The van der Waals surface area contributed by atoms with Crippen molar-refractivity contribution in [2.75, 3.05) is 13.7 Å². The van der Waals surface area contributed by atoms with Crippen molar-refractivity contribution in [3.05, 3.63) is 59.4 Å². The molecule has 2 N–H and O–H groups in total. The monoisotopic (exact) mass is 339 g/mol. The highest BCUT2D eigenvalue weighted by Gasteiger charge is 2.30. The number of methoxy groups -OCH3 is 1. The molecule has 1 aliphatic heterocycles. The summed E-state index contributed by atoms with van der Waals surface area (Å²) in [5, 5.41) is 0. The van der Waals surface area contributed by atoms with Crippen LogP contribution >= 0.6 is 0 Å². The van der Waals surface area contributed by atoms with Crippen LogP contribution in [-0.4, -0.2) is 41.4 Å². The van der Waals surface area contributed by atoms with Crippen LogP contribution in [0.2, 0.25) is 0 Å². The quantitative estimate of drug-likeness (QED) is 0.903. The Kier molecular flexibility index (Phi) is 4.97. The second kappa shape index (κ2) is 7.34. The Morgan fingerprint density at radius 1 is 1.32 bits per heavy atom. The van der Waals surface area contributed by atoms with Crippen LogP contribution in [0.1, 0.15) is 39.3 Å². The van der Waals surface area contributed by atoms with Gasteiger partial charge in [-0.2, -0.15) is 0 Å². The molecule has 6 nitrogen and oxygen atoms in total. The van der Waals surface area contributed by atoms with Crippen LogP contribution in [0.5, 0.6) is 5.75 Å². The minimum atomic E-state index is -0.552. The van der Waals surface area contributed by atoms with E-state index in [1.165, 1.54) is 12.3 Å². The van der Waals surface area contributed by atoms with Crippen molar-refractivity contribution in [1.29, 1.82) is 0 Å². The predicted octanol–water partition coefficient (Wildman–Crippen LogP) is 2.04. The molecule has 1 aromatic heterocycles. The number of likely N-dealkylation sites (tertiary alicyclic amines) is 1. The van der Waals surface area contributed by atoms with Crippen LogP contribution in [0.25, 0.3) is 0 Å². The van der Waals surface area contributed by atoms with E-state index in [0.29, 0.717) is 17.8 Å². The maximum atomic E-state index is 12.8. The van der Waals surface area contributed by atoms with Crippen molar-refractivity contribution >= 4 is 11.8 Å². The number of benzene rings is 1. The average molecular weight is 339 g/mol. The van der Waals surface area contributed by atoms with Crippen molar-refractivity contribution in [2.45, 2.75) is 25.3 Å². The molecule has 1 atom stereocenters. The lowest BCUT2D eigenvalue weighted by Crippen LogP contribution is -2.37. The number of pyridine rings is 1. The summed E-state index contributed by atoms with van der Waals surface area (Å²) in [6, 6.07) is 11.1. The lowest BCUT2D eigenvalue weighted by Gasteiger charge is -2.24. The Labute approximate surface area is 146 Å². The maximum absolute atomic E-state index is 12.8. The molecule has 2 heterocycles. The minimum absolute atomic E-state index is 0.110. The summed E-state index contributed by atoms with van der Waals surface area (Å²) in [7, 11) is 1.64. The number of hydrogen-bond donors (Lipinski definition) is 1. The lowest BCUT2D eigenvalue weighted by molar-refractivity contribution is 0.0730. The molecule has 1 saturated heterocycles. The first-order valence-electron chi connectivity index (χ1n) is 8.28. The smallest absolute Gasteiger partial charge is 0.272 e. The molecule has 130 valence electrons. The van der Waals surface area contributed by atoms with Gasteiger partial charge in [0.15, 0.2) is 0 Å². The summed E-state index contributed by atoms with van der Waals surface area (Å²) in [4.78, 5) is 29.9. The molecular formula is C19H21N3O3. The number of amides is 2. The van der Waals surface area contributed by atoms with Gasteiger partial charge in [-0.15, -0.1) is 0 Å². The molecule has 0 bridgehead atoms. The first-order chi connectivity index (χ1) is 12.1. The van der Waals surface area contributed by atoms with Gasteiger partial charge >= 0.3 is 0 Å². The number of carbonyl (C=O) groups excluding carboxylic acids is 2. The van der Waals surface area contributed by atoms with Gasteiger partial charge in [0.1, 0.15) is 11.4 Å². The molecular weight excluding hydrogens is 318 g/mol. The molecule has 3 rings (SSSR count). The minimum Gasteiger partial charge on any atom is -0.497 e. The predicted molar refractivity (Wildman–Crippen MR) is 93.5 cm³/mol. The van der Waals surface area contributed by atoms with Crippen LogP contribution in [0.4, 0.5) is 0 Å². The fourth-order valence-electron chi connectivity index (χ4n) is 3.20. The second-order valence-electron chi connectivity index (χ2n) is 6.15. The van der Waals surface area contributed by atoms with Gasteiger partial charge in [0.05, 0.1) is 12.7 Å². The van der Waals surface area contributed by atoms with E-state index in [1.54, 1.807) is 13.2 Å². The Hall–Kier alpha value is -2.89. The number of hydrogen-bond acceptors (Lipinski definition) is 4. The molecule has 1 unspecified atom stereocenters. The second-order valence-corrected chi connectivity index (χ2v) is 6.15. The van der Waals surface area contributed by atoms with Crippen molar-refractivity contribution in [1.82, 2.24) is 9.88 Å². The van der Waals surface area contributed by atoms with E-state index in [1.807, 2.05) is 29.2 Å². The molecule has 0 saturated carbocycles. The third-order valence-corrected chi connectivity index (χ3v) is 4.51. The fraction of sp³-hybridized carbons (Fsp3) is 0.316. The van der Waals surface area contributed by atoms with E-state index in [-0.39, 0.29) is 11.9 Å². The number of aromatic nitrogens is 1. The molecule has 2 amide bonds. The van der Waals surface area contributed by atoms with Gasteiger partial charge in [-0.3, -0.25) is 14.6 Å². The van der Waals surface area contributed by atoms with Crippen molar-refractivity contribution in [2.24, 2.45) is 5.73 Å². The van der Waals surface area contributed by atoms with Gasteiger partial charge in [-0.25, -0.2) is 0 Å². The van der Waals surface area contributed by atoms with Gasteiger partial charge in [-0.05, 0) is 49.1 Å². The molecule has 0 radical (unpaired) electrons. The van der Waals surface area contributed by atoms with Crippen molar-refractivity contribution < 1.29 is 14.3 Å². The van der Waals surface area contributed by atoms with E-state index >= 15 is 0 Å². The largest absolute Gasteiger partial charge is 0.497 e. The van der Waals surface area contributed by atoms with E-state index in [4.69, 9.17) is 10.5 Å². The Bertz CT molecular complexity index is 774. The highest BCUT2D eigenvalue weighted by molar-refractivity contribution is 5.95. The zero-order valence-corrected chi connectivity index (χ0v) is 14.1. The zero-order chi connectivity index (χ0) is 17.8. The van der Waals surface area contributed by atoms with Gasteiger partial charge in [0, 0.05) is 18.8 Å². The molecule has 0 spiro atoms. The molecule has 25 heavy (non-hydrogen) atoms. The summed E-state index contributed by atoms with van der Waals surface area (Å²) in [6.07, 6.45) is 4.06. The summed E-state index contributed by atoms with van der Waals surface area (Å²) in [5.41, 5.74) is 6.98. The number of nitrogens with two attached hydrogens (primary N) is 1. The Morgan fingerprint density at radius 2 is 2.16 bits per heavy atom. The number of carbonyl (C=O) groups is 2. The molecule has 1 aliphatic rings. The van der Waals surface area contributed by atoms with Gasteiger partial charge < -0.3 is 15.4 Å². The van der Waals surface area contributed by atoms with Gasteiger partial charge in [0.2, 0.25) is 5.91 Å². The summed E-state index contributed by atoms with van der Waals surface area (Å²) in [6.45, 7) is 0.715. The Morgan fingerprint density at radius 3 is 2.84 bits per heavy atom. The number of rotatable bonds is 5. The standard InChI is InChI=1S/C19H21N3O3/c1-25-16-6-2-4-13(11-16)10-15-5-3-9-22(15)19(24)17-8-7-14(12-21-17)18(20)23/h2,4,6-8,11-12,15H,3,5,9-10H2,1H3,(H2,20,23). The normalized spacial score (nSPS) is 16.7. The van der Waals surface area contributed by atoms with Crippen LogP contribution in [-0.2, 0) is 6.42 Å². The maximum Gasteiger partial charge on any atom is 0.272 e. The molecule has 1 aromatic carbocycles. The van der Waals surface area contributed by atoms with Gasteiger partial charge in [0.25, 0.3) is 5.91 Å². The lowest BCUT2D eigenvalue weighted by atomic mass is 10.0. The van der Waals surface area contributed by atoms with Crippen LogP contribution in [0, 0.1) is 0 Å². The van der Waals surface area contributed by atoms with E-state index in [9.17, 15) is 9.59 Å². The van der Waals surface area contributed by atoms with Crippen molar-refractivity contribution in [3.63, 3.8) is 0 Å². The number of primary amides is 1. The summed E-state index contributed by atoms with van der Waals surface area (Å²) >= 11 is 0. The highest BCUT2D eigenvalue weighted by atomic mass is 16.5. The van der Waals surface area contributed by atoms with E-state index in [0.717, 1.165) is 30.6 Å². The van der Waals surface area contributed by atoms with Crippen LogP contribution in [0.15, 0.2) is 42.6 Å². The zero-order valence-electron chi connectivity index (χ0n) is 14.1. The van der Waals surface area contributed by atoms with Crippen LogP contribution < -0.4 is 10.5 Å². The highest BCUT2D eigenvalue weighted by Crippen LogP contribution is 2.24. The first kappa shape index (κ1) is 17.0. The van der Waals surface area contributed by atoms with E-state index < -0.39 is 5.91 Å². The molecule has 0 aliphatic carbocycles. The third kappa shape index (κ3) is 3.79. The number of nitrogens with zero attached hydrogens (tertiary/aromatic N) is 2. The SMILES string of the molecule is COc1cccc(CC2CCCN2C(=O)c2ccc(C(N)=O)cn2)c1. The fourth-order valence-corrected chi connectivity index (χ4v) is 3.20. The van der Waals surface area contributed by atoms with E-state index in [2.05, 4.69) is 4.98 Å². The topological polar surface area (TPSA) is 85.5 Å². The van der Waals surface area contributed by atoms with Crippen molar-refractivity contribution in [3.8, 4) is 5.75 Å². The Balaban J connectivity index is 1.74.